The zero-order valence-electron chi connectivity index (χ0n) is 18.4. The van der Waals surface area contributed by atoms with Crippen LogP contribution in [0.5, 0.6) is 0 Å². The lowest BCUT2D eigenvalue weighted by molar-refractivity contribution is 0.0963. The second kappa shape index (κ2) is 9.44. The van der Waals surface area contributed by atoms with E-state index in [-0.39, 0.29) is 11.8 Å². The van der Waals surface area contributed by atoms with Gasteiger partial charge in [-0.05, 0) is 23.8 Å². The Morgan fingerprint density at radius 3 is 2.55 bits per heavy atom. The van der Waals surface area contributed by atoms with Gasteiger partial charge in [-0.15, -0.1) is 0 Å². The van der Waals surface area contributed by atoms with Crippen molar-refractivity contribution in [3.63, 3.8) is 0 Å². The number of anilines is 1. The Morgan fingerprint density at radius 2 is 1.82 bits per heavy atom. The van der Waals surface area contributed by atoms with E-state index < -0.39 is 5.91 Å². The van der Waals surface area contributed by atoms with Gasteiger partial charge in [-0.1, -0.05) is 37.3 Å². The third-order valence-electron chi connectivity index (χ3n) is 5.53. The number of nitrogens with two attached hydrogens (primary N) is 1. The summed E-state index contributed by atoms with van der Waals surface area (Å²) < 4.78 is 0. The van der Waals surface area contributed by atoms with Crippen LogP contribution in [0.15, 0.2) is 67.1 Å². The lowest BCUT2D eigenvalue weighted by atomic mass is 9.96. The molecule has 1 atom stereocenters. The van der Waals surface area contributed by atoms with Gasteiger partial charge in [0.1, 0.15) is 12.1 Å². The largest absolute Gasteiger partial charge is 0.369 e. The molecule has 0 aliphatic carbocycles. The molecular weight excluding hydrogens is 416 g/mol. The molecule has 0 spiro atoms. The molecule has 8 heteroatoms. The minimum atomic E-state index is -0.467. The molecule has 4 rings (SSSR count). The number of fused-ring (bicyclic) bond motifs is 1. The second-order valence-corrected chi connectivity index (χ2v) is 7.69. The van der Waals surface area contributed by atoms with Gasteiger partial charge in [-0.2, -0.15) is 0 Å². The molecule has 2 aromatic heterocycles. The molecule has 0 saturated carbocycles. The molecule has 2 aromatic carbocycles. The summed E-state index contributed by atoms with van der Waals surface area (Å²) in [7, 11) is 1.62. The van der Waals surface area contributed by atoms with Crippen molar-refractivity contribution >= 4 is 28.5 Å². The van der Waals surface area contributed by atoms with E-state index in [0.717, 1.165) is 27.7 Å². The van der Waals surface area contributed by atoms with Crippen molar-refractivity contribution in [2.45, 2.75) is 12.8 Å². The minimum absolute atomic E-state index is 0.106. The van der Waals surface area contributed by atoms with Gasteiger partial charge in [-0.25, -0.2) is 9.97 Å². The molecular formula is C25H24N6O2. The second-order valence-electron chi connectivity index (χ2n) is 7.69. The highest BCUT2D eigenvalue weighted by Crippen LogP contribution is 2.27. The number of nitrogens with zero attached hydrogens (tertiary/aromatic N) is 3. The monoisotopic (exact) mass is 440 g/mol. The van der Waals surface area contributed by atoms with Gasteiger partial charge in [0.15, 0.2) is 0 Å². The fourth-order valence-electron chi connectivity index (χ4n) is 3.71. The summed E-state index contributed by atoms with van der Waals surface area (Å²) in [6, 6.07) is 16.4. The molecule has 0 radical (unpaired) electrons. The smallest absolute Gasteiger partial charge is 0.251 e. The van der Waals surface area contributed by atoms with Crippen molar-refractivity contribution in [3.8, 4) is 11.3 Å². The SMILES string of the molecule is CNC(=O)c1ccnc2c([C@H](C)CNc3cc(-c4ccc(C(N)=O)cc4)ncn3)cccc12. The van der Waals surface area contributed by atoms with Crippen molar-refractivity contribution in [2.75, 3.05) is 18.9 Å². The number of hydrogen-bond acceptors (Lipinski definition) is 6. The number of amides is 2. The summed E-state index contributed by atoms with van der Waals surface area (Å²) in [4.78, 5) is 36.7. The van der Waals surface area contributed by atoms with Crippen LogP contribution in [0.1, 0.15) is 39.1 Å². The summed E-state index contributed by atoms with van der Waals surface area (Å²) >= 11 is 0. The molecule has 4 aromatic rings. The summed E-state index contributed by atoms with van der Waals surface area (Å²) in [6.07, 6.45) is 3.16. The molecule has 0 bridgehead atoms. The number of carbonyl (C=O) groups excluding carboxylic acids is 2. The third-order valence-corrected chi connectivity index (χ3v) is 5.53. The maximum atomic E-state index is 12.2. The van der Waals surface area contributed by atoms with Gasteiger partial charge in [0.2, 0.25) is 5.91 Å². The molecule has 166 valence electrons. The van der Waals surface area contributed by atoms with Crippen molar-refractivity contribution in [2.24, 2.45) is 5.73 Å². The predicted molar refractivity (Wildman–Crippen MR) is 128 cm³/mol. The van der Waals surface area contributed by atoms with Crippen LogP contribution in [-0.2, 0) is 0 Å². The molecule has 33 heavy (non-hydrogen) atoms. The minimum Gasteiger partial charge on any atom is -0.369 e. The molecule has 8 nitrogen and oxygen atoms in total. The molecule has 2 amide bonds. The summed E-state index contributed by atoms with van der Waals surface area (Å²) in [5, 5.41) is 6.87. The van der Waals surface area contributed by atoms with E-state index in [4.69, 9.17) is 5.73 Å². The highest BCUT2D eigenvalue weighted by Gasteiger charge is 2.15. The van der Waals surface area contributed by atoms with Crippen molar-refractivity contribution in [1.82, 2.24) is 20.3 Å². The first-order valence-electron chi connectivity index (χ1n) is 10.5. The van der Waals surface area contributed by atoms with Gasteiger partial charge in [-0.3, -0.25) is 14.6 Å². The van der Waals surface area contributed by atoms with E-state index in [1.54, 1.807) is 43.6 Å². The van der Waals surface area contributed by atoms with Crippen molar-refractivity contribution < 1.29 is 9.59 Å². The van der Waals surface area contributed by atoms with E-state index in [9.17, 15) is 9.59 Å². The Kier molecular flexibility index (Phi) is 6.26. The van der Waals surface area contributed by atoms with E-state index in [0.29, 0.717) is 23.5 Å². The summed E-state index contributed by atoms with van der Waals surface area (Å²) in [5.74, 6) is 0.188. The Balaban J connectivity index is 1.53. The van der Waals surface area contributed by atoms with Gasteiger partial charge >= 0.3 is 0 Å². The first kappa shape index (κ1) is 21.9. The quantitative estimate of drug-likeness (QED) is 0.405. The van der Waals surface area contributed by atoms with Gasteiger partial charge < -0.3 is 16.4 Å². The van der Waals surface area contributed by atoms with E-state index in [2.05, 4.69) is 32.5 Å². The Bertz CT molecular complexity index is 1320. The molecule has 2 heterocycles. The third kappa shape index (κ3) is 4.64. The summed E-state index contributed by atoms with van der Waals surface area (Å²) in [6.45, 7) is 2.71. The molecule has 4 N–H and O–H groups in total. The average Bonchev–Trinajstić information content (AvgIpc) is 2.86. The number of para-hydroxylation sites is 1. The van der Waals surface area contributed by atoms with Crippen molar-refractivity contribution in [1.29, 1.82) is 0 Å². The first-order valence-corrected chi connectivity index (χ1v) is 10.5. The zero-order valence-corrected chi connectivity index (χ0v) is 18.4. The normalized spacial score (nSPS) is 11.7. The highest BCUT2D eigenvalue weighted by atomic mass is 16.1. The maximum Gasteiger partial charge on any atom is 0.251 e. The number of hydrogen-bond donors (Lipinski definition) is 3. The molecule has 0 fully saturated rings. The Hall–Kier alpha value is -4.33. The van der Waals surface area contributed by atoms with Crippen LogP contribution in [0, 0.1) is 0 Å². The average molecular weight is 441 g/mol. The number of benzene rings is 2. The van der Waals surface area contributed by atoms with Gasteiger partial charge in [0.25, 0.3) is 5.91 Å². The number of pyridine rings is 1. The topological polar surface area (TPSA) is 123 Å². The highest BCUT2D eigenvalue weighted by molar-refractivity contribution is 6.06. The Labute approximate surface area is 191 Å². The molecule has 0 aliphatic rings. The lowest BCUT2D eigenvalue weighted by Gasteiger charge is -2.16. The standard InChI is InChI=1S/C25H24N6O2/c1-15(18-4-3-5-19-20(25(33)27-2)10-11-28-23(18)19)13-29-22-12-21(30-14-31-22)16-6-8-17(9-7-16)24(26)32/h3-12,14-15H,13H2,1-2H3,(H2,26,32)(H,27,33)(H,29,30,31)/t15-/m1/s1. The van der Waals surface area contributed by atoms with Crippen LogP contribution in [0.2, 0.25) is 0 Å². The van der Waals surface area contributed by atoms with Crippen LogP contribution in [0.4, 0.5) is 5.82 Å². The number of aromatic nitrogens is 3. The van der Waals surface area contributed by atoms with Gasteiger partial charge in [0.05, 0.1) is 16.8 Å². The summed E-state index contributed by atoms with van der Waals surface area (Å²) in [5.41, 5.74) is 9.81. The number of carbonyl (C=O) groups is 2. The van der Waals surface area contributed by atoms with Crippen LogP contribution >= 0.6 is 0 Å². The molecule has 0 aliphatic heterocycles. The number of nitrogens with one attached hydrogen (secondary N) is 2. The molecule has 0 saturated heterocycles. The fraction of sp³-hybridized carbons (Fsp3) is 0.160. The first-order chi connectivity index (χ1) is 16.0. The lowest BCUT2D eigenvalue weighted by Crippen LogP contribution is -2.18. The Morgan fingerprint density at radius 1 is 1.03 bits per heavy atom. The van der Waals surface area contributed by atoms with Crippen LogP contribution in [-0.4, -0.2) is 40.4 Å². The zero-order chi connectivity index (χ0) is 23.4. The van der Waals surface area contributed by atoms with Crippen LogP contribution in [0.3, 0.4) is 0 Å². The molecule has 0 unspecified atom stereocenters. The fourth-order valence-corrected chi connectivity index (χ4v) is 3.71. The van der Waals surface area contributed by atoms with Crippen molar-refractivity contribution in [3.05, 3.63) is 83.8 Å². The number of primary amides is 1. The van der Waals surface area contributed by atoms with E-state index >= 15 is 0 Å². The van der Waals surface area contributed by atoms with Gasteiger partial charge in [0, 0.05) is 48.3 Å². The van der Waals surface area contributed by atoms with E-state index in [1.165, 1.54) is 6.33 Å². The number of rotatable bonds is 7. The maximum absolute atomic E-state index is 12.2. The predicted octanol–water partition coefficient (Wildman–Crippen LogP) is 3.37. The van der Waals surface area contributed by atoms with Crippen LogP contribution < -0.4 is 16.4 Å². The van der Waals surface area contributed by atoms with Crippen LogP contribution in [0.25, 0.3) is 22.2 Å². The van der Waals surface area contributed by atoms with E-state index in [1.807, 2.05) is 24.3 Å².